The quantitative estimate of drug-likeness (QED) is 0.561. The number of aliphatic hydroxyl groups excluding tert-OH is 1. The Labute approximate surface area is 211 Å². The molecule has 0 saturated carbocycles. The van der Waals surface area contributed by atoms with Crippen LogP contribution in [0.25, 0.3) is 0 Å². The van der Waals surface area contributed by atoms with Crippen molar-refractivity contribution in [2.45, 2.75) is 32.4 Å². The third-order valence-electron chi connectivity index (χ3n) is 6.35. The maximum Gasteiger partial charge on any atom is 0.323 e. The number of amides is 3. The van der Waals surface area contributed by atoms with E-state index in [4.69, 9.17) is 14.2 Å². The number of benzene rings is 2. The largest absolute Gasteiger partial charge is 0.488 e. The molecule has 0 saturated heterocycles. The van der Waals surface area contributed by atoms with Gasteiger partial charge in [0.05, 0.1) is 19.1 Å². The van der Waals surface area contributed by atoms with Crippen molar-refractivity contribution in [2.75, 3.05) is 51.2 Å². The van der Waals surface area contributed by atoms with Gasteiger partial charge in [0.25, 0.3) is 0 Å². The molecular formula is C26H34N4O6. The number of carbonyl (C=O) groups is 2. The first-order chi connectivity index (χ1) is 17.2. The molecule has 36 heavy (non-hydrogen) atoms. The molecule has 0 fully saturated rings. The van der Waals surface area contributed by atoms with Crippen LogP contribution in [0.3, 0.4) is 0 Å². The van der Waals surface area contributed by atoms with E-state index < -0.39 is 6.03 Å². The lowest BCUT2D eigenvalue weighted by Gasteiger charge is -2.33. The molecule has 0 spiro atoms. The fourth-order valence-corrected chi connectivity index (χ4v) is 4.35. The van der Waals surface area contributed by atoms with Crippen LogP contribution in [-0.4, -0.2) is 79.6 Å². The van der Waals surface area contributed by atoms with Gasteiger partial charge in [0, 0.05) is 42.0 Å². The molecule has 0 aliphatic carbocycles. The maximum absolute atomic E-state index is 13.3. The van der Waals surface area contributed by atoms with Crippen LogP contribution in [0.15, 0.2) is 36.4 Å². The fourth-order valence-electron chi connectivity index (χ4n) is 4.35. The summed E-state index contributed by atoms with van der Waals surface area (Å²) in [7, 11) is 3.96. The second-order valence-electron chi connectivity index (χ2n) is 9.62. The summed E-state index contributed by atoms with van der Waals surface area (Å²) in [5.74, 6) is 1.77. The first-order valence-corrected chi connectivity index (χ1v) is 12.1. The van der Waals surface area contributed by atoms with Crippen molar-refractivity contribution >= 4 is 23.3 Å². The van der Waals surface area contributed by atoms with E-state index in [1.807, 2.05) is 21.0 Å². The average Bonchev–Trinajstić information content (AvgIpc) is 3.31. The molecule has 2 aromatic carbocycles. The van der Waals surface area contributed by atoms with Crippen LogP contribution in [0.2, 0.25) is 0 Å². The molecule has 0 aromatic heterocycles. The number of aliphatic hydroxyl groups is 1. The van der Waals surface area contributed by atoms with Crippen LogP contribution in [0.1, 0.15) is 19.4 Å². The number of fused-ring (bicyclic) bond motifs is 2. The van der Waals surface area contributed by atoms with Crippen LogP contribution >= 0.6 is 0 Å². The van der Waals surface area contributed by atoms with Crippen LogP contribution in [0.5, 0.6) is 17.2 Å². The Hall–Kier alpha value is -3.50. The number of anilines is 2. The summed E-state index contributed by atoms with van der Waals surface area (Å²) in [5.41, 5.74) is 1.77. The number of likely N-dealkylation sites (N-methyl/N-ethyl adjacent to an activating group) is 1. The van der Waals surface area contributed by atoms with E-state index in [0.29, 0.717) is 47.3 Å². The molecule has 2 aliphatic rings. The van der Waals surface area contributed by atoms with Gasteiger partial charge in [0.15, 0.2) is 11.5 Å². The van der Waals surface area contributed by atoms with Gasteiger partial charge in [0.1, 0.15) is 11.9 Å². The molecule has 0 radical (unpaired) electrons. The van der Waals surface area contributed by atoms with Gasteiger partial charge in [-0.1, -0.05) is 6.92 Å². The Balaban J connectivity index is 1.54. The zero-order valence-corrected chi connectivity index (χ0v) is 21.1. The average molecular weight is 499 g/mol. The van der Waals surface area contributed by atoms with Gasteiger partial charge >= 0.3 is 6.03 Å². The van der Waals surface area contributed by atoms with Crippen molar-refractivity contribution in [2.24, 2.45) is 5.92 Å². The predicted octanol–water partition coefficient (Wildman–Crippen LogP) is 2.77. The van der Waals surface area contributed by atoms with E-state index in [9.17, 15) is 14.7 Å². The highest BCUT2D eigenvalue weighted by molar-refractivity contribution is 6.00. The summed E-state index contributed by atoms with van der Waals surface area (Å²) in [4.78, 5) is 29.7. The lowest BCUT2D eigenvalue weighted by molar-refractivity contribution is -0.134. The van der Waals surface area contributed by atoms with E-state index >= 15 is 0 Å². The second kappa shape index (κ2) is 11.0. The highest BCUT2D eigenvalue weighted by atomic mass is 16.7. The minimum Gasteiger partial charge on any atom is -0.488 e. The van der Waals surface area contributed by atoms with E-state index in [1.54, 1.807) is 41.3 Å². The molecule has 10 heteroatoms. The first kappa shape index (κ1) is 25.6. The SMILES string of the molecule is C[C@H](CO)N1C[C@H](C)[C@@H](CN(C)C)Oc2ccc(NC(=O)Nc3ccc4c(c3)OCO4)cc2CC1=O. The van der Waals surface area contributed by atoms with Gasteiger partial charge in [0.2, 0.25) is 12.7 Å². The smallest absolute Gasteiger partial charge is 0.323 e. The lowest BCUT2D eigenvalue weighted by Crippen LogP contribution is -2.47. The lowest BCUT2D eigenvalue weighted by atomic mass is 10.0. The van der Waals surface area contributed by atoms with Crippen molar-refractivity contribution < 1.29 is 28.9 Å². The number of hydrogen-bond donors (Lipinski definition) is 3. The minimum atomic E-state index is -0.432. The molecule has 194 valence electrons. The van der Waals surface area contributed by atoms with E-state index in [0.717, 1.165) is 0 Å². The molecule has 0 bridgehead atoms. The van der Waals surface area contributed by atoms with Gasteiger partial charge in [-0.15, -0.1) is 0 Å². The topological polar surface area (TPSA) is 113 Å². The van der Waals surface area contributed by atoms with Crippen LogP contribution in [0.4, 0.5) is 16.2 Å². The maximum atomic E-state index is 13.3. The summed E-state index contributed by atoms with van der Waals surface area (Å²) in [6, 6.07) is 9.73. The number of nitrogens with one attached hydrogen (secondary N) is 2. The van der Waals surface area contributed by atoms with Crippen LogP contribution < -0.4 is 24.8 Å². The fraction of sp³-hybridized carbons (Fsp3) is 0.462. The predicted molar refractivity (Wildman–Crippen MR) is 136 cm³/mol. The van der Waals surface area contributed by atoms with E-state index in [1.165, 1.54) is 0 Å². The van der Waals surface area contributed by atoms with Gasteiger partial charge < -0.3 is 39.8 Å². The Kier molecular flexibility index (Phi) is 7.85. The van der Waals surface area contributed by atoms with Crippen LogP contribution in [-0.2, 0) is 11.2 Å². The third-order valence-corrected chi connectivity index (χ3v) is 6.35. The van der Waals surface area contributed by atoms with E-state index in [-0.39, 0.29) is 43.8 Å². The zero-order valence-electron chi connectivity index (χ0n) is 21.1. The van der Waals surface area contributed by atoms with Gasteiger partial charge in [-0.25, -0.2) is 4.79 Å². The molecule has 3 N–H and O–H groups in total. The first-order valence-electron chi connectivity index (χ1n) is 12.1. The number of urea groups is 1. The normalized spacial score (nSPS) is 20.1. The Morgan fingerprint density at radius 2 is 1.78 bits per heavy atom. The van der Waals surface area contributed by atoms with Crippen LogP contribution in [0, 0.1) is 5.92 Å². The number of ether oxygens (including phenoxy) is 3. The number of nitrogens with zero attached hydrogens (tertiary/aromatic N) is 2. The molecule has 4 rings (SSSR count). The monoisotopic (exact) mass is 498 g/mol. The molecule has 0 unspecified atom stereocenters. The highest BCUT2D eigenvalue weighted by Crippen LogP contribution is 2.34. The Morgan fingerprint density at radius 3 is 2.47 bits per heavy atom. The summed E-state index contributed by atoms with van der Waals surface area (Å²) in [6.45, 7) is 5.09. The van der Waals surface area contributed by atoms with Crippen molar-refractivity contribution in [1.82, 2.24) is 9.80 Å². The summed E-state index contributed by atoms with van der Waals surface area (Å²) < 4.78 is 17.1. The minimum absolute atomic E-state index is 0.0431. The highest BCUT2D eigenvalue weighted by Gasteiger charge is 2.30. The number of carbonyl (C=O) groups excluding carboxylic acids is 2. The molecule has 3 atom stereocenters. The summed E-state index contributed by atoms with van der Waals surface area (Å²) >= 11 is 0. The summed E-state index contributed by atoms with van der Waals surface area (Å²) in [5, 5.41) is 15.3. The summed E-state index contributed by atoms with van der Waals surface area (Å²) in [6.07, 6.45) is -0.0634. The van der Waals surface area contributed by atoms with Crippen molar-refractivity contribution in [3.8, 4) is 17.2 Å². The molecule has 2 heterocycles. The number of rotatable bonds is 6. The molecule has 10 nitrogen and oxygen atoms in total. The van der Waals surface area contributed by atoms with Crippen molar-refractivity contribution in [3.63, 3.8) is 0 Å². The van der Waals surface area contributed by atoms with E-state index in [2.05, 4.69) is 22.5 Å². The second-order valence-corrected chi connectivity index (χ2v) is 9.62. The molecule has 2 aliphatic heterocycles. The van der Waals surface area contributed by atoms with Gasteiger partial charge in [-0.3, -0.25) is 4.79 Å². The zero-order chi connectivity index (χ0) is 25.8. The molecular weight excluding hydrogens is 464 g/mol. The van der Waals surface area contributed by atoms with Crippen molar-refractivity contribution in [3.05, 3.63) is 42.0 Å². The third kappa shape index (κ3) is 6.00. The van der Waals surface area contributed by atoms with Crippen molar-refractivity contribution in [1.29, 1.82) is 0 Å². The molecule has 3 amide bonds. The molecule has 2 aromatic rings. The van der Waals surface area contributed by atoms with Gasteiger partial charge in [-0.2, -0.15) is 0 Å². The Bertz CT molecular complexity index is 1110. The van der Waals surface area contributed by atoms with Gasteiger partial charge in [-0.05, 0) is 51.4 Å². The Morgan fingerprint density at radius 1 is 1.11 bits per heavy atom. The number of hydrogen-bond acceptors (Lipinski definition) is 7. The standard InChI is InChI=1S/C26H34N4O6/c1-16-12-30(17(2)14-31)25(32)10-18-9-19(5-7-21(18)36-24(16)13-29(3)4)27-26(33)28-20-6-8-22-23(11-20)35-15-34-22/h5-9,11,16-17,24,31H,10,12-15H2,1-4H3,(H2,27,28,33)/t16-,17+,24+/m0/s1.